The first-order valence-electron chi connectivity index (χ1n) is 7.16. The van der Waals surface area contributed by atoms with Gasteiger partial charge < -0.3 is 14.9 Å². The zero-order valence-electron chi connectivity index (χ0n) is 12.1. The molecule has 108 valence electrons. The molecule has 0 aliphatic carbocycles. The highest BCUT2D eigenvalue weighted by molar-refractivity contribution is 5.80. The number of nitrogens with two attached hydrogens (primary N) is 1. The molecule has 3 nitrogen and oxygen atoms in total. The summed E-state index contributed by atoms with van der Waals surface area (Å²) in [5, 5.41) is 1.10. The van der Waals surface area contributed by atoms with Crippen molar-refractivity contribution in [1.29, 1.82) is 0 Å². The van der Waals surface area contributed by atoms with Gasteiger partial charge in [-0.3, -0.25) is 0 Å². The van der Waals surface area contributed by atoms with Crippen LogP contribution in [-0.2, 0) is 0 Å². The molecule has 0 aliphatic rings. The maximum absolute atomic E-state index is 6.20. The molecule has 1 heterocycles. The van der Waals surface area contributed by atoms with E-state index in [0.29, 0.717) is 13.0 Å². The minimum atomic E-state index is -0.152. The van der Waals surface area contributed by atoms with E-state index in [0.717, 1.165) is 28.0 Å². The zero-order chi connectivity index (χ0) is 14.7. The SMILES string of the molecule is Cc1cccc2cc(C(N)CCOc3ccccc3)oc12. The number of hydrogen-bond donors (Lipinski definition) is 1. The van der Waals surface area contributed by atoms with Gasteiger partial charge in [0.1, 0.15) is 17.1 Å². The highest BCUT2D eigenvalue weighted by Crippen LogP contribution is 2.26. The van der Waals surface area contributed by atoms with E-state index in [1.807, 2.05) is 61.5 Å². The minimum Gasteiger partial charge on any atom is -0.494 e. The van der Waals surface area contributed by atoms with Gasteiger partial charge in [-0.15, -0.1) is 0 Å². The predicted octanol–water partition coefficient (Wildman–Crippen LogP) is 4.21. The Morgan fingerprint density at radius 1 is 1.10 bits per heavy atom. The predicted molar refractivity (Wildman–Crippen MR) is 84.4 cm³/mol. The van der Waals surface area contributed by atoms with Gasteiger partial charge in [-0.2, -0.15) is 0 Å². The van der Waals surface area contributed by atoms with Crippen LogP contribution in [0, 0.1) is 6.92 Å². The van der Waals surface area contributed by atoms with E-state index in [1.165, 1.54) is 0 Å². The molecule has 0 aliphatic heterocycles. The van der Waals surface area contributed by atoms with Crippen LogP contribution in [0.1, 0.15) is 23.8 Å². The number of furan rings is 1. The van der Waals surface area contributed by atoms with Crippen molar-refractivity contribution in [2.75, 3.05) is 6.61 Å². The molecule has 3 rings (SSSR count). The number of ether oxygens (including phenoxy) is 1. The van der Waals surface area contributed by atoms with Gasteiger partial charge >= 0.3 is 0 Å². The lowest BCUT2D eigenvalue weighted by atomic mass is 10.1. The Morgan fingerprint density at radius 3 is 2.67 bits per heavy atom. The van der Waals surface area contributed by atoms with Crippen molar-refractivity contribution in [3.8, 4) is 5.75 Å². The highest BCUT2D eigenvalue weighted by Gasteiger charge is 2.13. The lowest BCUT2D eigenvalue weighted by Gasteiger charge is -2.10. The third-order valence-corrected chi connectivity index (χ3v) is 3.57. The van der Waals surface area contributed by atoms with Crippen LogP contribution in [0.2, 0.25) is 0 Å². The first-order valence-corrected chi connectivity index (χ1v) is 7.16. The fourth-order valence-electron chi connectivity index (χ4n) is 2.37. The largest absolute Gasteiger partial charge is 0.494 e. The number of fused-ring (bicyclic) bond motifs is 1. The van der Waals surface area contributed by atoms with Crippen LogP contribution in [0.3, 0.4) is 0 Å². The van der Waals surface area contributed by atoms with Crippen LogP contribution < -0.4 is 10.5 Å². The lowest BCUT2D eigenvalue weighted by molar-refractivity contribution is 0.291. The minimum absolute atomic E-state index is 0.152. The van der Waals surface area contributed by atoms with Gasteiger partial charge in [0.25, 0.3) is 0 Å². The van der Waals surface area contributed by atoms with E-state index < -0.39 is 0 Å². The molecular formula is C18H19NO2. The summed E-state index contributed by atoms with van der Waals surface area (Å²) < 4.78 is 11.6. The second-order valence-corrected chi connectivity index (χ2v) is 5.20. The Balaban J connectivity index is 1.64. The Labute approximate surface area is 124 Å². The van der Waals surface area contributed by atoms with Crippen LogP contribution in [0.4, 0.5) is 0 Å². The van der Waals surface area contributed by atoms with E-state index in [2.05, 4.69) is 0 Å². The van der Waals surface area contributed by atoms with Gasteiger partial charge in [0.05, 0.1) is 12.6 Å². The normalized spacial score (nSPS) is 12.5. The zero-order valence-corrected chi connectivity index (χ0v) is 12.1. The smallest absolute Gasteiger partial charge is 0.137 e. The summed E-state index contributed by atoms with van der Waals surface area (Å²) in [5.74, 6) is 1.68. The van der Waals surface area contributed by atoms with Crippen molar-refractivity contribution in [1.82, 2.24) is 0 Å². The van der Waals surface area contributed by atoms with Crippen LogP contribution in [0.5, 0.6) is 5.75 Å². The van der Waals surface area contributed by atoms with Gasteiger partial charge in [-0.05, 0) is 30.7 Å². The van der Waals surface area contributed by atoms with Crippen molar-refractivity contribution in [3.05, 3.63) is 65.9 Å². The molecule has 0 amide bonds. The van der Waals surface area contributed by atoms with Crippen molar-refractivity contribution in [2.45, 2.75) is 19.4 Å². The van der Waals surface area contributed by atoms with Crippen LogP contribution in [0.15, 0.2) is 59.0 Å². The van der Waals surface area contributed by atoms with Crippen LogP contribution in [-0.4, -0.2) is 6.61 Å². The lowest BCUT2D eigenvalue weighted by Crippen LogP contribution is -2.13. The molecule has 3 heteroatoms. The molecule has 1 aromatic heterocycles. The van der Waals surface area contributed by atoms with E-state index in [1.54, 1.807) is 0 Å². The summed E-state index contributed by atoms with van der Waals surface area (Å²) in [6.45, 7) is 2.61. The molecule has 1 atom stereocenters. The molecule has 0 fully saturated rings. The van der Waals surface area contributed by atoms with Gasteiger partial charge in [0.2, 0.25) is 0 Å². The fourth-order valence-corrected chi connectivity index (χ4v) is 2.37. The summed E-state index contributed by atoms with van der Waals surface area (Å²) in [5.41, 5.74) is 8.25. The second kappa shape index (κ2) is 6.02. The number of hydrogen-bond acceptors (Lipinski definition) is 3. The molecule has 0 saturated carbocycles. The number of para-hydroxylation sites is 2. The average molecular weight is 281 g/mol. The molecule has 0 radical (unpaired) electrons. The third kappa shape index (κ3) is 3.09. The first-order chi connectivity index (χ1) is 10.2. The fraction of sp³-hybridized carbons (Fsp3) is 0.222. The van der Waals surface area contributed by atoms with Gasteiger partial charge in [-0.1, -0.05) is 36.4 Å². The Hall–Kier alpha value is -2.26. The molecule has 2 N–H and O–H groups in total. The second-order valence-electron chi connectivity index (χ2n) is 5.20. The summed E-state index contributed by atoms with van der Waals surface area (Å²) in [6, 6.07) is 17.7. The highest BCUT2D eigenvalue weighted by atomic mass is 16.5. The van der Waals surface area contributed by atoms with E-state index in [-0.39, 0.29) is 6.04 Å². The topological polar surface area (TPSA) is 48.4 Å². The Bertz CT molecular complexity index is 718. The number of aryl methyl sites for hydroxylation is 1. The number of rotatable bonds is 5. The molecule has 0 saturated heterocycles. The van der Waals surface area contributed by atoms with Crippen LogP contribution >= 0.6 is 0 Å². The molecule has 1 unspecified atom stereocenters. The Morgan fingerprint density at radius 2 is 1.90 bits per heavy atom. The molecule has 21 heavy (non-hydrogen) atoms. The molecule has 0 spiro atoms. The van der Waals surface area contributed by atoms with E-state index >= 15 is 0 Å². The van der Waals surface area contributed by atoms with Crippen molar-refractivity contribution in [2.24, 2.45) is 5.73 Å². The van der Waals surface area contributed by atoms with Crippen molar-refractivity contribution >= 4 is 11.0 Å². The van der Waals surface area contributed by atoms with Crippen molar-refractivity contribution in [3.63, 3.8) is 0 Å². The average Bonchev–Trinajstić information content (AvgIpc) is 2.94. The standard InChI is InChI=1S/C18H19NO2/c1-13-6-5-7-14-12-17(21-18(13)14)16(19)10-11-20-15-8-3-2-4-9-15/h2-9,12,16H,10-11,19H2,1H3. The summed E-state index contributed by atoms with van der Waals surface area (Å²) in [4.78, 5) is 0. The summed E-state index contributed by atoms with van der Waals surface area (Å²) in [6.07, 6.45) is 0.716. The maximum atomic E-state index is 6.20. The summed E-state index contributed by atoms with van der Waals surface area (Å²) >= 11 is 0. The molecule has 3 aromatic rings. The van der Waals surface area contributed by atoms with E-state index in [9.17, 15) is 0 Å². The quantitative estimate of drug-likeness (QED) is 0.762. The molecule has 2 aromatic carbocycles. The van der Waals surface area contributed by atoms with E-state index in [4.69, 9.17) is 14.9 Å². The van der Waals surface area contributed by atoms with Gasteiger partial charge in [-0.25, -0.2) is 0 Å². The van der Waals surface area contributed by atoms with Crippen molar-refractivity contribution < 1.29 is 9.15 Å². The van der Waals surface area contributed by atoms with Gasteiger partial charge in [0, 0.05) is 11.8 Å². The number of benzene rings is 2. The molecular weight excluding hydrogens is 262 g/mol. The first kappa shape index (κ1) is 13.7. The Kier molecular flexibility index (Phi) is 3.93. The maximum Gasteiger partial charge on any atom is 0.137 e. The summed E-state index contributed by atoms with van der Waals surface area (Å²) in [7, 11) is 0. The molecule has 0 bridgehead atoms. The monoisotopic (exact) mass is 281 g/mol. The third-order valence-electron chi connectivity index (χ3n) is 3.57. The van der Waals surface area contributed by atoms with Crippen LogP contribution in [0.25, 0.3) is 11.0 Å². The van der Waals surface area contributed by atoms with Gasteiger partial charge in [0.15, 0.2) is 0 Å².